The number of hydrogen-bond acceptors (Lipinski definition) is 5. The molecule has 0 aliphatic carbocycles. The minimum absolute atomic E-state index is 0.357. The molecule has 1 heterocycles. The maximum absolute atomic E-state index is 12.2. The number of amides is 1. The molecule has 2 aromatic rings. The Kier molecular flexibility index (Phi) is 6.99. The van der Waals surface area contributed by atoms with Gasteiger partial charge in [-0.2, -0.15) is 0 Å². The van der Waals surface area contributed by atoms with Crippen LogP contribution in [0.15, 0.2) is 35.9 Å². The lowest BCUT2D eigenvalue weighted by atomic mass is 10.1. The van der Waals surface area contributed by atoms with Crippen molar-refractivity contribution in [1.82, 2.24) is 10.3 Å². The van der Waals surface area contributed by atoms with E-state index >= 15 is 0 Å². The van der Waals surface area contributed by atoms with E-state index in [4.69, 9.17) is 27.9 Å². The Balaban J connectivity index is 1.89. The molecule has 5 nitrogen and oxygen atoms in total. The number of hydrogen-bond donors (Lipinski definition) is 1. The van der Waals surface area contributed by atoms with Crippen LogP contribution >= 0.6 is 34.5 Å². The first-order valence-corrected chi connectivity index (χ1v) is 9.04. The molecule has 0 saturated heterocycles. The molecule has 1 aromatic carbocycles. The van der Waals surface area contributed by atoms with Gasteiger partial charge >= 0.3 is 5.97 Å². The largest absolute Gasteiger partial charge is 0.449 e. The fraction of sp³-hybridized carbons (Fsp3) is 0.235. The molecule has 0 aliphatic rings. The summed E-state index contributed by atoms with van der Waals surface area (Å²) in [6.45, 7) is 3.28. The molecule has 0 fully saturated rings. The highest BCUT2D eigenvalue weighted by molar-refractivity contribution is 7.10. The fourth-order valence-corrected chi connectivity index (χ4v) is 3.09. The normalized spacial score (nSPS) is 13.4. The molecule has 2 rings (SSSR count). The first-order valence-electron chi connectivity index (χ1n) is 7.40. The second-order valence-electron chi connectivity index (χ2n) is 5.18. The average molecular weight is 399 g/mol. The SMILES string of the molecule is CC(OC(=O)C=Cc1nccs1)C(=O)NC(C)c1ccc(Cl)cc1Cl. The lowest BCUT2D eigenvalue weighted by molar-refractivity contribution is -0.150. The van der Waals surface area contributed by atoms with Crippen molar-refractivity contribution in [1.29, 1.82) is 0 Å². The predicted octanol–water partition coefficient (Wildman–Crippen LogP) is 4.27. The van der Waals surface area contributed by atoms with Crippen LogP contribution in [-0.2, 0) is 14.3 Å². The van der Waals surface area contributed by atoms with Crippen molar-refractivity contribution in [2.45, 2.75) is 26.0 Å². The smallest absolute Gasteiger partial charge is 0.331 e. The molecule has 1 N–H and O–H groups in total. The highest BCUT2D eigenvalue weighted by atomic mass is 35.5. The van der Waals surface area contributed by atoms with E-state index in [1.807, 2.05) is 0 Å². The highest BCUT2D eigenvalue weighted by Crippen LogP contribution is 2.26. The van der Waals surface area contributed by atoms with Crippen LogP contribution in [0.3, 0.4) is 0 Å². The number of thiazole rings is 1. The van der Waals surface area contributed by atoms with Crippen LogP contribution < -0.4 is 5.32 Å². The van der Waals surface area contributed by atoms with Gasteiger partial charge in [0.25, 0.3) is 5.91 Å². The van der Waals surface area contributed by atoms with Crippen LogP contribution in [0.5, 0.6) is 0 Å². The van der Waals surface area contributed by atoms with Gasteiger partial charge in [0.15, 0.2) is 6.10 Å². The lowest BCUT2D eigenvalue weighted by Crippen LogP contribution is -2.37. The van der Waals surface area contributed by atoms with Crippen LogP contribution in [0.2, 0.25) is 10.0 Å². The lowest BCUT2D eigenvalue weighted by Gasteiger charge is -2.19. The molecule has 8 heteroatoms. The van der Waals surface area contributed by atoms with E-state index in [1.165, 1.54) is 30.4 Å². The van der Waals surface area contributed by atoms with Crippen LogP contribution in [-0.4, -0.2) is 23.0 Å². The van der Waals surface area contributed by atoms with Gasteiger partial charge in [0.05, 0.1) is 6.04 Å². The summed E-state index contributed by atoms with van der Waals surface area (Å²) in [6.07, 6.45) is 3.46. The second-order valence-corrected chi connectivity index (χ2v) is 6.95. The van der Waals surface area contributed by atoms with E-state index in [0.717, 1.165) is 5.56 Å². The van der Waals surface area contributed by atoms with E-state index in [-0.39, 0.29) is 6.04 Å². The van der Waals surface area contributed by atoms with Crippen molar-refractivity contribution in [3.8, 4) is 0 Å². The number of carbonyl (C=O) groups is 2. The molecule has 2 unspecified atom stereocenters. The zero-order valence-corrected chi connectivity index (χ0v) is 15.9. The molecule has 2 atom stereocenters. The minimum atomic E-state index is -0.943. The predicted molar refractivity (Wildman–Crippen MR) is 99.7 cm³/mol. The van der Waals surface area contributed by atoms with Gasteiger partial charge in [-0.25, -0.2) is 9.78 Å². The molecule has 0 aliphatic heterocycles. The monoisotopic (exact) mass is 398 g/mol. The van der Waals surface area contributed by atoms with E-state index in [0.29, 0.717) is 15.1 Å². The van der Waals surface area contributed by atoms with E-state index < -0.39 is 18.0 Å². The summed E-state index contributed by atoms with van der Waals surface area (Å²) < 4.78 is 5.08. The van der Waals surface area contributed by atoms with Gasteiger partial charge in [-0.15, -0.1) is 11.3 Å². The van der Waals surface area contributed by atoms with E-state index in [2.05, 4.69) is 10.3 Å². The Morgan fingerprint density at radius 2 is 2.08 bits per heavy atom. The van der Waals surface area contributed by atoms with Crippen molar-refractivity contribution in [2.24, 2.45) is 0 Å². The molecule has 25 heavy (non-hydrogen) atoms. The number of carbonyl (C=O) groups excluding carboxylic acids is 2. The molecule has 1 aromatic heterocycles. The Hall–Kier alpha value is -1.89. The Labute approximate surface area is 159 Å². The topological polar surface area (TPSA) is 68.3 Å². The first-order chi connectivity index (χ1) is 11.9. The number of halogens is 2. The summed E-state index contributed by atoms with van der Waals surface area (Å²) >= 11 is 13.4. The Bertz CT molecular complexity index is 778. The van der Waals surface area contributed by atoms with Crippen LogP contribution in [0.25, 0.3) is 6.08 Å². The number of nitrogens with zero attached hydrogens (tertiary/aromatic N) is 1. The van der Waals surface area contributed by atoms with Gasteiger partial charge in [0.1, 0.15) is 5.01 Å². The van der Waals surface area contributed by atoms with E-state index in [9.17, 15) is 9.59 Å². The zero-order valence-electron chi connectivity index (χ0n) is 13.5. The van der Waals surface area contributed by atoms with Crippen molar-refractivity contribution in [3.63, 3.8) is 0 Å². The minimum Gasteiger partial charge on any atom is -0.449 e. The van der Waals surface area contributed by atoms with Crippen LogP contribution in [0.4, 0.5) is 0 Å². The van der Waals surface area contributed by atoms with Gasteiger partial charge < -0.3 is 10.1 Å². The number of ether oxygens (including phenoxy) is 1. The third-order valence-electron chi connectivity index (χ3n) is 3.26. The summed E-state index contributed by atoms with van der Waals surface area (Å²) in [5.41, 5.74) is 0.724. The quantitative estimate of drug-likeness (QED) is 0.582. The second kappa shape index (κ2) is 8.99. The number of benzene rings is 1. The molecule has 1 amide bonds. The fourth-order valence-electron chi connectivity index (χ4n) is 1.98. The van der Waals surface area contributed by atoms with Gasteiger partial charge in [0, 0.05) is 27.7 Å². The maximum atomic E-state index is 12.2. The van der Waals surface area contributed by atoms with Crippen molar-refractivity contribution < 1.29 is 14.3 Å². The van der Waals surface area contributed by atoms with Crippen molar-refractivity contribution >= 4 is 52.5 Å². The standard InChI is InChI=1S/C17H16Cl2N2O3S/c1-10(13-4-3-12(18)9-14(13)19)21-17(23)11(2)24-16(22)6-5-15-20-7-8-25-15/h3-11H,1-2H3,(H,21,23). The van der Waals surface area contributed by atoms with E-state index in [1.54, 1.807) is 36.7 Å². The van der Waals surface area contributed by atoms with Crippen molar-refractivity contribution in [3.05, 3.63) is 56.5 Å². The van der Waals surface area contributed by atoms with Crippen LogP contribution in [0.1, 0.15) is 30.5 Å². The molecule has 0 saturated carbocycles. The summed E-state index contributed by atoms with van der Waals surface area (Å²) in [6, 6.07) is 4.68. The molecular weight excluding hydrogens is 383 g/mol. The highest BCUT2D eigenvalue weighted by Gasteiger charge is 2.20. The third kappa shape index (κ3) is 5.85. The maximum Gasteiger partial charge on any atom is 0.331 e. The Morgan fingerprint density at radius 3 is 2.72 bits per heavy atom. The average Bonchev–Trinajstić information content (AvgIpc) is 3.06. The summed E-state index contributed by atoms with van der Waals surface area (Å²) in [4.78, 5) is 27.9. The summed E-state index contributed by atoms with van der Waals surface area (Å²) in [5, 5.41) is 6.20. The molecule has 0 radical (unpaired) electrons. The van der Waals surface area contributed by atoms with Gasteiger partial charge in [0.2, 0.25) is 0 Å². The summed E-state index contributed by atoms with van der Waals surface area (Å²) in [5.74, 6) is -1.04. The number of aromatic nitrogens is 1. The molecule has 0 spiro atoms. The number of rotatable bonds is 6. The first kappa shape index (κ1) is 19.4. The number of esters is 1. The summed E-state index contributed by atoms with van der Waals surface area (Å²) in [7, 11) is 0. The molecular formula is C17H16Cl2N2O3S. The van der Waals surface area contributed by atoms with Gasteiger partial charge in [-0.1, -0.05) is 29.3 Å². The van der Waals surface area contributed by atoms with Gasteiger partial charge in [-0.3, -0.25) is 4.79 Å². The third-order valence-corrected chi connectivity index (χ3v) is 4.57. The van der Waals surface area contributed by atoms with Crippen LogP contribution in [0, 0.1) is 0 Å². The zero-order chi connectivity index (χ0) is 18.4. The number of nitrogens with one attached hydrogen (secondary N) is 1. The molecule has 0 bridgehead atoms. The molecule has 132 valence electrons. The van der Waals surface area contributed by atoms with Crippen molar-refractivity contribution in [2.75, 3.05) is 0 Å². The van der Waals surface area contributed by atoms with Gasteiger partial charge in [-0.05, 0) is 37.6 Å². The Morgan fingerprint density at radius 1 is 1.32 bits per heavy atom.